The summed E-state index contributed by atoms with van der Waals surface area (Å²) in [5.41, 5.74) is -0.876. The summed E-state index contributed by atoms with van der Waals surface area (Å²) in [4.78, 5) is 11.7. The monoisotopic (exact) mass is 212 g/mol. The molecule has 0 aromatic rings. The molecule has 0 spiro atoms. The van der Waals surface area contributed by atoms with Crippen LogP contribution in [-0.4, -0.2) is 24.2 Å². The van der Waals surface area contributed by atoms with Crippen LogP contribution in [0.25, 0.3) is 0 Å². The van der Waals surface area contributed by atoms with E-state index in [0.29, 0.717) is 25.8 Å². The van der Waals surface area contributed by atoms with E-state index >= 15 is 0 Å². The van der Waals surface area contributed by atoms with Crippen LogP contribution in [0.3, 0.4) is 0 Å². The Morgan fingerprint density at radius 1 is 1.40 bits per heavy atom. The highest BCUT2D eigenvalue weighted by molar-refractivity contribution is 5.85. The Bertz CT molecular complexity index is 229. The quantitative estimate of drug-likeness (QED) is 0.623. The van der Waals surface area contributed by atoms with Crippen molar-refractivity contribution in [2.75, 3.05) is 13.2 Å². The predicted octanol–water partition coefficient (Wildman–Crippen LogP) is 1.21. The average molecular weight is 212 g/mol. The summed E-state index contributed by atoms with van der Waals surface area (Å²) in [5, 5.41) is 20.3. The van der Waals surface area contributed by atoms with Crippen molar-refractivity contribution in [1.29, 1.82) is 5.26 Å². The lowest BCUT2D eigenvalue weighted by Crippen LogP contribution is -2.39. The maximum absolute atomic E-state index is 11.7. The van der Waals surface area contributed by atoms with Gasteiger partial charge in [-0.2, -0.15) is 5.26 Å². The second kappa shape index (κ2) is 7.24. The molecule has 1 amide bonds. The van der Waals surface area contributed by atoms with E-state index in [1.807, 2.05) is 13.8 Å². The summed E-state index contributed by atoms with van der Waals surface area (Å²) in [7, 11) is 0. The minimum atomic E-state index is -0.876. The van der Waals surface area contributed by atoms with E-state index in [1.54, 1.807) is 0 Å². The van der Waals surface area contributed by atoms with E-state index in [2.05, 4.69) is 11.4 Å². The van der Waals surface area contributed by atoms with Crippen LogP contribution in [-0.2, 0) is 4.79 Å². The maximum atomic E-state index is 11.7. The van der Waals surface area contributed by atoms with Crippen molar-refractivity contribution >= 4 is 5.91 Å². The third-order valence-corrected chi connectivity index (χ3v) is 2.73. The summed E-state index contributed by atoms with van der Waals surface area (Å²) in [6.07, 6.45) is 2.49. The molecular weight excluding hydrogens is 192 g/mol. The van der Waals surface area contributed by atoms with E-state index < -0.39 is 5.41 Å². The molecule has 0 aliphatic heterocycles. The highest BCUT2D eigenvalue weighted by atomic mass is 16.2. The number of nitriles is 1. The molecule has 0 aromatic heterocycles. The molecule has 15 heavy (non-hydrogen) atoms. The first kappa shape index (κ1) is 13.9. The number of rotatable bonds is 7. The zero-order chi connectivity index (χ0) is 11.7. The number of nitrogens with one attached hydrogen (secondary N) is 1. The molecule has 0 aliphatic rings. The number of hydrogen-bond donors (Lipinski definition) is 2. The molecule has 0 fully saturated rings. The number of unbranched alkanes of at least 4 members (excludes halogenated alkanes) is 1. The molecule has 0 saturated carbocycles. The third-order valence-electron chi connectivity index (χ3n) is 2.73. The first-order chi connectivity index (χ1) is 7.16. The molecule has 86 valence electrons. The second-order valence-corrected chi connectivity index (χ2v) is 3.59. The Balaban J connectivity index is 4.11. The number of carbonyl (C=O) groups is 1. The Morgan fingerprint density at radius 3 is 2.40 bits per heavy atom. The Hall–Kier alpha value is -1.08. The molecule has 0 unspecified atom stereocenters. The molecule has 0 rings (SSSR count). The van der Waals surface area contributed by atoms with Gasteiger partial charge < -0.3 is 10.4 Å². The van der Waals surface area contributed by atoms with Gasteiger partial charge in [-0.25, -0.2) is 0 Å². The van der Waals surface area contributed by atoms with E-state index in [0.717, 1.165) is 6.42 Å². The lowest BCUT2D eigenvalue weighted by atomic mass is 9.83. The highest BCUT2D eigenvalue weighted by Gasteiger charge is 2.34. The van der Waals surface area contributed by atoms with Crippen molar-refractivity contribution in [3.63, 3.8) is 0 Å². The SMILES string of the molecule is CCC(C#N)(CC)C(=O)NCCCCO. The van der Waals surface area contributed by atoms with Crippen LogP contribution in [0.1, 0.15) is 39.5 Å². The molecule has 0 aromatic carbocycles. The zero-order valence-corrected chi connectivity index (χ0v) is 9.55. The number of hydrogen-bond acceptors (Lipinski definition) is 3. The molecule has 0 radical (unpaired) electrons. The fourth-order valence-corrected chi connectivity index (χ4v) is 1.39. The van der Waals surface area contributed by atoms with Crippen molar-refractivity contribution in [2.45, 2.75) is 39.5 Å². The molecule has 4 nitrogen and oxygen atoms in total. The van der Waals surface area contributed by atoms with Gasteiger partial charge in [-0.3, -0.25) is 4.79 Å². The van der Waals surface area contributed by atoms with Crippen molar-refractivity contribution < 1.29 is 9.90 Å². The Morgan fingerprint density at radius 2 is 2.00 bits per heavy atom. The number of nitrogens with zero attached hydrogens (tertiary/aromatic N) is 1. The summed E-state index contributed by atoms with van der Waals surface area (Å²) in [6, 6.07) is 2.09. The first-order valence-corrected chi connectivity index (χ1v) is 5.47. The van der Waals surface area contributed by atoms with Crippen LogP contribution < -0.4 is 5.32 Å². The van der Waals surface area contributed by atoms with Crippen molar-refractivity contribution in [3.8, 4) is 6.07 Å². The van der Waals surface area contributed by atoms with Gasteiger partial charge in [0.05, 0.1) is 6.07 Å². The first-order valence-electron chi connectivity index (χ1n) is 5.47. The van der Waals surface area contributed by atoms with Gasteiger partial charge in [0.15, 0.2) is 0 Å². The summed E-state index contributed by atoms with van der Waals surface area (Å²) >= 11 is 0. The lowest BCUT2D eigenvalue weighted by molar-refractivity contribution is -0.128. The van der Waals surface area contributed by atoms with Crippen molar-refractivity contribution in [2.24, 2.45) is 5.41 Å². The van der Waals surface area contributed by atoms with Gasteiger partial charge in [0, 0.05) is 13.2 Å². The number of carbonyl (C=O) groups excluding carboxylic acids is 1. The molecule has 0 saturated heterocycles. The van der Waals surface area contributed by atoms with E-state index in [4.69, 9.17) is 10.4 Å². The van der Waals surface area contributed by atoms with Crippen LogP contribution in [0, 0.1) is 16.7 Å². The van der Waals surface area contributed by atoms with Gasteiger partial charge in [-0.15, -0.1) is 0 Å². The van der Waals surface area contributed by atoms with Crippen LogP contribution in [0.2, 0.25) is 0 Å². The average Bonchev–Trinajstić information content (AvgIpc) is 2.28. The Labute approximate surface area is 91.3 Å². The van der Waals surface area contributed by atoms with Crippen LogP contribution in [0.15, 0.2) is 0 Å². The van der Waals surface area contributed by atoms with E-state index in [1.165, 1.54) is 0 Å². The van der Waals surface area contributed by atoms with E-state index in [-0.39, 0.29) is 12.5 Å². The molecular formula is C11H20N2O2. The van der Waals surface area contributed by atoms with Gasteiger partial charge in [-0.05, 0) is 25.7 Å². The molecule has 4 heteroatoms. The van der Waals surface area contributed by atoms with Crippen molar-refractivity contribution in [1.82, 2.24) is 5.32 Å². The number of aliphatic hydroxyl groups excluding tert-OH is 1. The fraction of sp³-hybridized carbons (Fsp3) is 0.818. The van der Waals surface area contributed by atoms with Gasteiger partial charge >= 0.3 is 0 Å². The molecule has 0 atom stereocenters. The van der Waals surface area contributed by atoms with Gasteiger partial charge in [0.25, 0.3) is 0 Å². The smallest absolute Gasteiger partial charge is 0.240 e. The standard InChI is InChI=1S/C11H20N2O2/c1-3-11(4-2,9-12)10(15)13-7-5-6-8-14/h14H,3-8H2,1-2H3,(H,13,15). The maximum Gasteiger partial charge on any atom is 0.240 e. The normalized spacial score (nSPS) is 10.8. The lowest BCUT2D eigenvalue weighted by Gasteiger charge is -2.21. The van der Waals surface area contributed by atoms with Crippen LogP contribution in [0.4, 0.5) is 0 Å². The molecule has 0 heterocycles. The topological polar surface area (TPSA) is 73.1 Å². The highest BCUT2D eigenvalue weighted by Crippen LogP contribution is 2.25. The Kier molecular flexibility index (Phi) is 6.72. The number of amides is 1. The van der Waals surface area contributed by atoms with Crippen LogP contribution in [0.5, 0.6) is 0 Å². The van der Waals surface area contributed by atoms with Crippen LogP contribution >= 0.6 is 0 Å². The van der Waals surface area contributed by atoms with Gasteiger partial charge in [-0.1, -0.05) is 13.8 Å². The number of aliphatic hydroxyl groups is 1. The third kappa shape index (κ3) is 3.88. The predicted molar refractivity (Wildman–Crippen MR) is 58.0 cm³/mol. The van der Waals surface area contributed by atoms with Gasteiger partial charge in [0.2, 0.25) is 5.91 Å². The summed E-state index contributed by atoms with van der Waals surface area (Å²) in [5.74, 6) is -0.187. The minimum absolute atomic E-state index is 0.140. The largest absolute Gasteiger partial charge is 0.396 e. The zero-order valence-electron chi connectivity index (χ0n) is 9.55. The fourth-order valence-electron chi connectivity index (χ4n) is 1.39. The summed E-state index contributed by atoms with van der Waals surface area (Å²) in [6.45, 7) is 4.36. The van der Waals surface area contributed by atoms with Gasteiger partial charge in [0.1, 0.15) is 5.41 Å². The molecule has 0 bridgehead atoms. The minimum Gasteiger partial charge on any atom is -0.396 e. The second-order valence-electron chi connectivity index (χ2n) is 3.59. The van der Waals surface area contributed by atoms with E-state index in [9.17, 15) is 4.79 Å². The molecule has 2 N–H and O–H groups in total. The van der Waals surface area contributed by atoms with Crippen molar-refractivity contribution in [3.05, 3.63) is 0 Å². The molecule has 0 aliphatic carbocycles. The summed E-state index contributed by atoms with van der Waals surface area (Å²) < 4.78 is 0.